The zero-order valence-corrected chi connectivity index (χ0v) is 15.4. The van der Waals surface area contributed by atoms with E-state index in [4.69, 9.17) is 0 Å². The number of piperidine rings is 1. The minimum Gasteiger partial charge on any atom is -0.507 e. The maximum atomic E-state index is 10.0. The molecule has 1 aliphatic heterocycles. The molecule has 1 aliphatic rings. The molecule has 26 heavy (non-hydrogen) atoms. The van der Waals surface area contributed by atoms with E-state index in [2.05, 4.69) is 20.2 Å². The van der Waals surface area contributed by atoms with Gasteiger partial charge in [0.25, 0.3) is 0 Å². The Bertz CT molecular complexity index is 723. The summed E-state index contributed by atoms with van der Waals surface area (Å²) in [6, 6.07) is 9.35. The molecule has 1 atom stereocenters. The first-order chi connectivity index (χ1) is 12.7. The Morgan fingerprint density at radius 2 is 2.08 bits per heavy atom. The summed E-state index contributed by atoms with van der Waals surface area (Å²) in [4.78, 5) is 11.4. The van der Waals surface area contributed by atoms with E-state index in [9.17, 15) is 10.2 Å². The van der Waals surface area contributed by atoms with Crippen LogP contribution in [0, 0.1) is 6.92 Å². The molecule has 1 fully saturated rings. The molecule has 0 unspecified atom stereocenters. The molecule has 1 aromatic heterocycles. The third-order valence-electron chi connectivity index (χ3n) is 4.89. The molecule has 3 rings (SSSR count). The van der Waals surface area contributed by atoms with Crippen LogP contribution in [0.1, 0.15) is 31.4 Å². The van der Waals surface area contributed by atoms with Crippen LogP contribution in [0.4, 0.5) is 5.82 Å². The Morgan fingerprint density at radius 3 is 2.88 bits per heavy atom. The van der Waals surface area contributed by atoms with Crippen LogP contribution in [0.3, 0.4) is 0 Å². The molecule has 1 aromatic carbocycles. The van der Waals surface area contributed by atoms with Crippen molar-refractivity contribution in [2.24, 2.45) is 0 Å². The van der Waals surface area contributed by atoms with Gasteiger partial charge in [0.1, 0.15) is 11.6 Å². The molecule has 0 radical (unpaired) electrons. The lowest BCUT2D eigenvalue weighted by Crippen LogP contribution is -2.42. The number of aromatic hydroxyl groups is 1. The van der Waals surface area contributed by atoms with E-state index in [0.717, 1.165) is 44.0 Å². The number of aromatic nitrogens is 2. The zero-order chi connectivity index (χ0) is 18.4. The number of aryl methyl sites for hydroxylation is 1. The van der Waals surface area contributed by atoms with Crippen molar-refractivity contribution < 1.29 is 10.2 Å². The van der Waals surface area contributed by atoms with E-state index in [0.29, 0.717) is 17.4 Å². The fraction of sp³-hybridized carbons (Fsp3) is 0.500. The van der Waals surface area contributed by atoms with Gasteiger partial charge in [-0.2, -0.15) is 0 Å². The van der Waals surface area contributed by atoms with Gasteiger partial charge in [-0.3, -0.25) is 4.90 Å². The van der Waals surface area contributed by atoms with Crippen LogP contribution < -0.4 is 5.32 Å². The summed E-state index contributed by atoms with van der Waals surface area (Å²) < 4.78 is 0. The number of rotatable bonds is 7. The molecule has 0 aliphatic carbocycles. The number of phenols is 1. The van der Waals surface area contributed by atoms with Gasteiger partial charge in [0.05, 0.1) is 12.2 Å². The summed E-state index contributed by atoms with van der Waals surface area (Å²) in [6.07, 6.45) is 4.53. The molecule has 2 heterocycles. The van der Waals surface area contributed by atoms with Crippen molar-refractivity contribution >= 4 is 5.82 Å². The maximum Gasteiger partial charge on any atom is 0.165 e. The van der Waals surface area contributed by atoms with Crippen LogP contribution in [-0.4, -0.2) is 57.4 Å². The van der Waals surface area contributed by atoms with E-state index >= 15 is 0 Å². The molecule has 3 N–H and O–H groups in total. The number of nitrogens with zero attached hydrogens (tertiary/aromatic N) is 3. The highest BCUT2D eigenvalue weighted by Gasteiger charge is 2.20. The molecule has 0 bridgehead atoms. The predicted octanol–water partition coefficient (Wildman–Crippen LogP) is 2.81. The van der Waals surface area contributed by atoms with E-state index in [-0.39, 0.29) is 12.4 Å². The molecular weight excluding hydrogens is 328 g/mol. The number of aliphatic hydroxyl groups is 1. The fourth-order valence-corrected chi connectivity index (χ4v) is 3.50. The number of phenolic OH excluding ortho intramolecular Hbond substituents is 1. The van der Waals surface area contributed by atoms with Gasteiger partial charge in [0.15, 0.2) is 5.82 Å². The number of nitrogens with one attached hydrogen (secondary N) is 1. The Hall–Kier alpha value is -2.18. The topological polar surface area (TPSA) is 81.5 Å². The quantitative estimate of drug-likeness (QED) is 0.662. The van der Waals surface area contributed by atoms with Gasteiger partial charge < -0.3 is 15.5 Å². The first kappa shape index (κ1) is 18.6. The first-order valence-corrected chi connectivity index (χ1v) is 9.40. The molecule has 6 nitrogen and oxygen atoms in total. The van der Waals surface area contributed by atoms with Crippen LogP contribution in [0.25, 0.3) is 11.4 Å². The van der Waals surface area contributed by atoms with E-state index in [1.54, 1.807) is 12.1 Å². The Kier molecular flexibility index (Phi) is 6.41. The molecule has 0 saturated carbocycles. The number of hydrogen-bond donors (Lipinski definition) is 3. The van der Waals surface area contributed by atoms with Gasteiger partial charge in [-0.05, 0) is 44.9 Å². The second-order valence-electron chi connectivity index (χ2n) is 6.88. The number of para-hydroxylation sites is 1. The summed E-state index contributed by atoms with van der Waals surface area (Å²) in [6.45, 7) is 5.05. The van der Waals surface area contributed by atoms with Gasteiger partial charge in [-0.25, -0.2) is 9.97 Å². The first-order valence-electron chi connectivity index (χ1n) is 9.40. The lowest BCUT2D eigenvalue weighted by molar-refractivity contribution is 0.0901. The summed E-state index contributed by atoms with van der Waals surface area (Å²) in [5.74, 6) is 1.49. The third-order valence-corrected chi connectivity index (χ3v) is 4.89. The monoisotopic (exact) mass is 356 g/mol. The second-order valence-corrected chi connectivity index (χ2v) is 6.88. The largest absolute Gasteiger partial charge is 0.507 e. The van der Waals surface area contributed by atoms with Gasteiger partial charge in [0.2, 0.25) is 0 Å². The minimum absolute atomic E-state index is 0.184. The highest BCUT2D eigenvalue weighted by atomic mass is 16.3. The highest BCUT2D eigenvalue weighted by Crippen LogP contribution is 2.26. The molecule has 0 amide bonds. The van der Waals surface area contributed by atoms with Crippen molar-refractivity contribution in [2.75, 3.05) is 31.6 Å². The maximum absolute atomic E-state index is 10.0. The SMILES string of the molecule is Cc1cc(NCCCN2CCCC[C@@H]2CO)nc(-c2ccccc2O)n1. The molecule has 0 spiro atoms. The Morgan fingerprint density at radius 1 is 1.23 bits per heavy atom. The van der Waals surface area contributed by atoms with Crippen LogP contribution >= 0.6 is 0 Å². The number of hydrogen-bond acceptors (Lipinski definition) is 6. The van der Waals surface area contributed by atoms with E-state index < -0.39 is 0 Å². The smallest absolute Gasteiger partial charge is 0.165 e. The zero-order valence-electron chi connectivity index (χ0n) is 15.4. The van der Waals surface area contributed by atoms with Crippen molar-refractivity contribution in [3.05, 3.63) is 36.0 Å². The number of aliphatic hydroxyl groups excluding tert-OH is 1. The van der Waals surface area contributed by atoms with Crippen molar-refractivity contribution in [3.8, 4) is 17.1 Å². The normalized spacial score (nSPS) is 18.0. The number of anilines is 1. The van der Waals surface area contributed by atoms with Crippen molar-refractivity contribution in [1.82, 2.24) is 14.9 Å². The van der Waals surface area contributed by atoms with Crippen LogP contribution in [0.15, 0.2) is 30.3 Å². The molecular formula is C20H28N4O2. The third kappa shape index (κ3) is 4.71. The predicted molar refractivity (Wildman–Crippen MR) is 103 cm³/mol. The van der Waals surface area contributed by atoms with Crippen LogP contribution in [0.2, 0.25) is 0 Å². The average molecular weight is 356 g/mol. The van der Waals surface area contributed by atoms with Crippen LogP contribution in [-0.2, 0) is 0 Å². The summed E-state index contributed by atoms with van der Waals surface area (Å²) in [5.41, 5.74) is 1.50. The van der Waals surface area contributed by atoms with Gasteiger partial charge >= 0.3 is 0 Å². The lowest BCUT2D eigenvalue weighted by Gasteiger charge is -2.34. The van der Waals surface area contributed by atoms with E-state index in [1.165, 1.54) is 12.8 Å². The van der Waals surface area contributed by atoms with Crippen LogP contribution in [0.5, 0.6) is 5.75 Å². The van der Waals surface area contributed by atoms with E-state index in [1.807, 2.05) is 25.1 Å². The fourth-order valence-electron chi connectivity index (χ4n) is 3.50. The second kappa shape index (κ2) is 8.96. The molecule has 2 aromatic rings. The van der Waals surface area contributed by atoms with Crippen molar-refractivity contribution in [2.45, 2.75) is 38.6 Å². The minimum atomic E-state index is 0.184. The standard InChI is InChI=1S/C20H28N4O2/c1-15-13-19(23-20(22-15)17-8-2-3-9-18(17)26)21-10-6-12-24-11-5-4-7-16(24)14-25/h2-3,8-9,13,16,25-26H,4-7,10-12,14H2,1H3,(H,21,22,23)/t16-/m1/s1. The molecule has 140 valence electrons. The molecule has 6 heteroatoms. The Labute approximate surface area is 154 Å². The van der Waals surface area contributed by atoms with Gasteiger partial charge in [0, 0.05) is 30.9 Å². The van der Waals surface area contributed by atoms with Crippen molar-refractivity contribution in [3.63, 3.8) is 0 Å². The van der Waals surface area contributed by atoms with Gasteiger partial charge in [-0.15, -0.1) is 0 Å². The lowest BCUT2D eigenvalue weighted by atomic mass is 10.0. The summed E-state index contributed by atoms with van der Waals surface area (Å²) >= 11 is 0. The van der Waals surface area contributed by atoms with Crippen molar-refractivity contribution in [1.29, 1.82) is 0 Å². The molecule has 1 saturated heterocycles. The summed E-state index contributed by atoms with van der Waals surface area (Å²) in [7, 11) is 0. The number of benzene rings is 1. The Balaban J connectivity index is 1.58. The van der Waals surface area contributed by atoms with Gasteiger partial charge in [-0.1, -0.05) is 18.6 Å². The summed E-state index contributed by atoms with van der Waals surface area (Å²) in [5, 5.41) is 22.9. The average Bonchev–Trinajstić information content (AvgIpc) is 2.65. The highest BCUT2D eigenvalue weighted by molar-refractivity contribution is 5.64. The number of likely N-dealkylation sites (tertiary alicyclic amines) is 1.